The molecule has 6 N–H and O–H groups in total. The van der Waals surface area contributed by atoms with E-state index in [0.717, 1.165) is 22.7 Å². The summed E-state index contributed by atoms with van der Waals surface area (Å²) in [6, 6.07) is 19.9. The summed E-state index contributed by atoms with van der Waals surface area (Å²) < 4.78 is 0. The molecule has 0 unspecified atom stereocenters. The summed E-state index contributed by atoms with van der Waals surface area (Å²) in [5, 5.41) is 2.33. The third-order valence-electron chi connectivity index (χ3n) is 3.10. The molecule has 4 aromatic rings. The number of hydrogen-bond acceptors (Lipinski definition) is 2. The van der Waals surface area contributed by atoms with Crippen LogP contribution in [0.15, 0.2) is 60.7 Å². The number of nitrogens with two attached hydrogens (primary N) is 2. The predicted octanol–water partition coefficient (Wildman–Crippen LogP) is 3.50. The molecule has 2 aromatic heterocycles. The zero-order chi connectivity index (χ0) is 13.9. The minimum absolute atomic E-state index is 0. The Kier molecular flexibility index (Phi) is 4.66. The van der Waals surface area contributed by atoms with Crippen molar-refractivity contribution in [2.24, 2.45) is 0 Å². The van der Waals surface area contributed by atoms with Crippen molar-refractivity contribution in [3.8, 4) is 0 Å². The van der Waals surface area contributed by atoms with Gasteiger partial charge in [-0.1, -0.05) is 36.4 Å². The molecule has 2 aromatic carbocycles. The molecule has 0 saturated carbocycles. The van der Waals surface area contributed by atoms with Crippen molar-refractivity contribution in [3.05, 3.63) is 60.7 Å². The third kappa shape index (κ3) is 3.44. The van der Waals surface area contributed by atoms with Gasteiger partial charge >= 0.3 is 0 Å². The van der Waals surface area contributed by atoms with E-state index in [0.29, 0.717) is 0 Å². The average Bonchev–Trinajstić information content (AvgIpc) is 2.99. The minimum Gasteiger partial charge on any atom is -0.385 e. The van der Waals surface area contributed by atoms with Crippen molar-refractivity contribution < 1.29 is 19.5 Å². The number of nitrogens with one attached hydrogen (secondary N) is 2. The summed E-state index contributed by atoms with van der Waals surface area (Å²) in [6.45, 7) is 0. The van der Waals surface area contributed by atoms with Crippen LogP contribution >= 0.6 is 0 Å². The van der Waals surface area contributed by atoms with E-state index in [1.165, 1.54) is 10.8 Å². The first-order valence-corrected chi connectivity index (χ1v) is 6.39. The van der Waals surface area contributed by atoms with Crippen LogP contribution in [0.1, 0.15) is 0 Å². The van der Waals surface area contributed by atoms with Gasteiger partial charge in [-0.2, -0.15) is 0 Å². The van der Waals surface area contributed by atoms with Crippen molar-refractivity contribution in [1.29, 1.82) is 0 Å². The van der Waals surface area contributed by atoms with E-state index >= 15 is 0 Å². The topological polar surface area (TPSA) is 83.6 Å². The zero-order valence-corrected chi connectivity index (χ0v) is 14.6. The van der Waals surface area contributed by atoms with E-state index < -0.39 is 0 Å². The molecule has 0 radical (unpaired) electrons. The SMILES string of the molecule is Nc1cc2ccccc2[nH]1.Nc1cc2ccccc2[nH]1.[Zn]. The van der Waals surface area contributed by atoms with Gasteiger partial charge in [0.15, 0.2) is 0 Å². The molecule has 0 aliphatic heterocycles. The number of fused-ring (bicyclic) bond motifs is 2. The average molecular weight is 330 g/mol. The van der Waals surface area contributed by atoms with Gasteiger partial charge in [0.25, 0.3) is 0 Å². The molecule has 0 saturated heterocycles. The molecular weight excluding hydrogens is 314 g/mol. The Morgan fingerprint density at radius 1 is 0.619 bits per heavy atom. The number of hydrogen-bond donors (Lipinski definition) is 4. The van der Waals surface area contributed by atoms with Crippen LogP contribution in [-0.4, -0.2) is 9.97 Å². The Morgan fingerprint density at radius 2 is 1.00 bits per heavy atom. The normalized spacial score (nSPS) is 9.90. The summed E-state index contributed by atoms with van der Waals surface area (Å²) in [5.41, 5.74) is 13.3. The van der Waals surface area contributed by atoms with E-state index in [1.54, 1.807) is 0 Å². The number of nitrogen functional groups attached to an aromatic ring is 2. The maximum absolute atomic E-state index is 5.54. The molecule has 21 heavy (non-hydrogen) atoms. The predicted molar refractivity (Wildman–Crippen MR) is 85.4 cm³/mol. The Bertz CT molecular complexity index is 709. The Labute approximate surface area is 135 Å². The van der Waals surface area contributed by atoms with E-state index in [-0.39, 0.29) is 19.5 Å². The summed E-state index contributed by atoms with van der Waals surface area (Å²) in [7, 11) is 0. The Balaban J connectivity index is 0.000000147. The first-order chi connectivity index (χ1) is 9.72. The van der Waals surface area contributed by atoms with Gasteiger partial charge in [-0.05, 0) is 24.3 Å². The van der Waals surface area contributed by atoms with Crippen LogP contribution in [0.4, 0.5) is 11.6 Å². The smallest absolute Gasteiger partial charge is 0.101 e. The van der Waals surface area contributed by atoms with Crippen molar-refractivity contribution >= 4 is 33.4 Å². The minimum atomic E-state index is 0. The second-order valence-corrected chi connectivity index (χ2v) is 4.62. The summed E-state index contributed by atoms with van der Waals surface area (Å²) in [4.78, 5) is 6.07. The molecule has 0 aliphatic carbocycles. The zero-order valence-electron chi connectivity index (χ0n) is 11.6. The van der Waals surface area contributed by atoms with Crippen LogP contribution in [0.25, 0.3) is 21.8 Å². The van der Waals surface area contributed by atoms with Gasteiger partial charge in [-0.25, -0.2) is 0 Å². The fraction of sp³-hybridized carbons (Fsp3) is 0. The second kappa shape index (κ2) is 6.46. The van der Waals surface area contributed by atoms with Gasteiger partial charge in [0, 0.05) is 41.3 Å². The van der Waals surface area contributed by atoms with E-state index in [9.17, 15) is 0 Å². The number of para-hydroxylation sites is 2. The van der Waals surface area contributed by atoms with E-state index in [2.05, 4.69) is 9.97 Å². The molecule has 102 valence electrons. The number of rotatable bonds is 0. The van der Waals surface area contributed by atoms with Crippen molar-refractivity contribution in [3.63, 3.8) is 0 Å². The molecule has 5 heteroatoms. The number of aromatic nitrogens is 2. The van der Waals surface area contributed by atoms with Crippen molar-refractivity contribution in [2.75, 3.05) is 11.5 Å². The van der Waals surface area contributed by atoms with Gasteiger partial charge in [0.1, 0.15) is 11.6 Å². The molecule has 0 amide bonds. The van der Waals surface area contributed by atoms with E-state index in [1.807, 2.05) is 60.7 Å². The van der Waals surface area contributed by atoms with Crippen LogP contribution in [0.5, 0.6) is 0 Å². The first-order valence-electron chi connectivity index (χ1n) is 6.39. The van der Waals surface area contributed by atoms with Gasteiger partial charge in [0.2, 0.25) is 0 Å². The van der Waals surface area contributed by atoms with Gasteiger partial charge in [-0.15, -0.1) is 0 Å². The quantitative estimate of drug-likeness (QED) is 0.372. The molecular formula is C16H16N4Zn. The maximum Gasteiger partial charge on any atom is 0.101 e. The van der Waals surface area contributed by atoms with Crippen LogP contribution in [-0.2, 0) is 19.5 Å². The van der Waals surface area contributed by atoms with Crippen LogP contribution < -0.4 is 11.5 Å². The molecule has 0 bridgehead atoms. The molecule has 0 atom stereocenters. The Morgan fingerprint density at radius 3 is 1.38 bits per heavy atom. The fourth-order valence-corrected chi connectivity index (χ4v) is 2.19. The molecule has 0 fully saturated rings. The second-order valence-electron chi connectivity index (χ2n) is 4.62. The van der Waals surface area contributed by atoms with Gasteiger partial charge in [-0.3, -0.25) is 0 Å². The monoisotopic (exact) mass is 328 g/mol. The summed E-state index contributed by atoms with van der Waals surface area (Å²) in [5.74, 6) is 1.45. The Hall–Kier alpha value is -2.26. The molecule has 0 spiro atoms. The summed E-state index contributed by atoms with van der Waals surface area (Å²) in [6.07, 6.45) is 0. The van der Waals surface area contributed by atoms with E-state index in [4.69, 9.17) is 11.5 Å². The number of anilines is 2. The molecule has 2 heterocycles. The largest absolute Gasteiger partial charge is 0.385 e. The number of benzene rings is 2. The number of H-pyrrole nitrogens is 2. The van der Waals surface area contributed by atoms with Crippen LogP contribution in [0.3, 0.4) is 0 Å². The molecule has 4 nitrogen and oxygen atoms in total. The van der Waals surface area contributed by atoms with Crippen molar-refractivity contribution in [1.82, 2.24) is 9.97 Å². The van der Waals surface area contributed by atoms with Gasteiger partial charge in [0.05, 0.1) is 0 Å². The van der Waals surface area contributed by atoms with Gasteiger partial charge < -0.3 is 21.4 Å². The fourth-order valence-electron chi connectivity index (χ4n) is 2.19. The summed E-state index contributed by atoms with van der Waals surface area (Å²) >= 11 is 0. The molecule has 0 aliphatic rings. The van der Waals surface area contributed by atoms with Crippen LogP contribution in [0, 0.1) is 0 Å². The first kappa shape index (κ1) is 15.1. The number of aromatic amines is 2. The standard InChI is InChI=1S/2C8H8N2.Zn/c2*9-8-5-6-3-1-2-4-7(6)10-8;/h2*1-5,10H,9H2;. The molecule has 4 rings (SSSR count). The van der Waals surface area contributed by atoms with Crippen molar-refractivity contribution in [2.45, 2.75) is 0 Å². The third-order valence-corrected chi connectivity index (χ3v) is 3.10. The maximum atomic E-state index is 5.54. The van der Waals surface area contributed by atoms with Crippen LogP contribution in [0.2, 0.25) is 0 Å².